The molecule has 1 fully saturated rings. The second-order valence-electron chi connectivity index (χ2n) is 4.49. The van der Waals surface area contributed by atoms with Gasteiger partial charge in [0.05, 0.1) is 5.02 Å². The van der Waals surface area contributed by atoms with Crippen LogP contribution >= 0.6 is 11.6 Å². The van der Waals surface area contributed by atoms with Crippen LogP contribution in [0.1, 0.15) is 36.9 Å². The first-order valence-electron chi connectivity index (χ1n) is 6.15. The summed E-state index contributed by atoms with van der Waals surface area (Å²) in [6, 6.07) is 2.45. The van der Waals surface area contributed by atoms with Crippen LogP contribution in [0.15, 0.2) is 6.07 Å². The number of benzene rings is 1. The highest BCUT2D eigenvalue weighted by molar-refractivity contribution is 6.32. The van der Waals surface area contributed by atoms with E-state index in [4.69, 9.17) is 21.1 Å². The first-order chi connectivity index (χ1) is 8.31. The lowest BCUT2D eigenvalue weighted by Crippen LogP contribution is -2.15. The molecule has 3 rings (SSSR count). The molecule has 17 heavy (non-hydrogen) atoms. The highest BCUT2D eigenvalue weighted by Crippen LogP contribution is 2.46. The molecule has 2 aliphatic heterocycles. The number of halogens is 1. The molecule has 3 nitrogen and oxygen atoms in total. The molecular weight excluding hydrogens is 238 g/mol. The van der Waals surface area contributed by atoms with Gasteiger partial charge in [0, 0.05) is 11.6 Å². The molecule has 0 amide bonds. The van der Waals surface area contributed by atoms with Crippen LogP contribution in [0.25, 0.3) is 0 Å². The van der Waals surface area contributed by atoms with E-state index in [9.17, 15) is 0 Å². The predicted molar refractivity (Wildman–Crippen MR) is 66.9 cm³/mol. The summed E-state index contributed by atoms with van der Waals surface area (Å²) in [6.45, 7) is 3.51. The van der Waals surface area contributed by atoms with E-state index in [1.54, 1.807) is 0 Å². The highest BCUT2D eigenvalue weighted by Gasteiger charge is 2.27. The Hall–Kier alpha value is -0.930. The molecule has 1 aromatic rings. The minimum absolute atomic E-state index is 0.281. The van der Waals surface area contributed by atoms with Gasteiger partial charge in [0.25, 0.3) is 0 Å². The summed E-state index contributed by atoms with van der Waals surface area (Å²) in [5.41, 5.74) is 2.51. The van der Waals surface area contributed by atoms with Crippen molar-refractivity contribution in [3.63, 3.8) is 0 Å². The van der Waals surface area contributed by atoms with Crippen LogP contribution in [0.2, 0.25) is 5.02 Å². The summed E-state index contributed by atoms with van der Waals surface area (Å²) < 4.78 is 11.0. The van der Waals surface area contributed by atoms with E-state index in [1.165, 1.54) is 24.0 Å². The molecule has 1 unspecified atom stereocenters. The van der Waals surface area contributed by atoms with Crippen LogP contribution in [-0.2, 0) is 6.42 Å². The average Bonchev–Trinajstić information content (AvgIpc) is 3.00. The van der Waals surface area contributed by atoms with E-state index in [0.717, 1.165) is 18.7 Å². The SMILES string of the molecule is CCc1c(C2CCCN2)cc(Cl)c2c1OCO2. The first kappa shape index (κ1) is 11.2. The maximum Gasteiger partial charge on any atom is 0.231 e. The van der Waals surface area contributed by atoms with E-state index < -0.39 is 0 Å². The van der Waals surface area contributed by atoms with Gasteiger partial charge in [0.1, 0.15) is 0 Å². The summed E-state index contributed by atoms with van der Waals surface area (Å²) in [5, 5.41) is 4.18. The summed E-state index contributed by atoms with van der Waals surface area (Å²) in [7, 11) is 0. The van der Waals surface area contributed by atoms with Gasteiger partial charge in [-0.3, -0.25) is 0 Å². The molecule has 4 heteroatoms. The highest BCUT2D eigenvalue weighted by atomic mass is 35.5. The Morgan fingerprint density at radius 1 is 1.41 bits per heavy atom. The number of hydrogen-bond donors (Lipinski definition) is 1. The first-order valence-corrected chi connectivity index (χ1v) is 6.53. The quantitative estimate of drug-likeness (QED) is 0.879. The van der Waals surface area contributed by atoms with Crippen LogP contribution in [0.3, 0.4) is 0 Å². The zero-order valence-corrected chi connectivity index (χ0v) is 10.6. The van der Waals surface area contributed by atoms with Gasteiger partial charge in [-0.1, -0.05) is 18.5 Å². The topological polar surface area (TPSA) is 30.5 Å². The van der Waals surface area contributed by atoms with Crippen molar-refractivity contribution in [1.82, 2.24) is 5.32 Å². The number of ether oxygens (including phenoxy) is 2. The van der Waals surface area contributed by atoms with E-state index in [-0.39, 0.29) is 6.79 Å². The minimum Gasteiger partial charge on any atom is -0.453 e. The zero-order valence-electron chi connectivity index (χ0n) is 9.88. The van der Waals surface area contributed by atoms with Crippen LogP contribution < -0.4 is 14.8 Å². The maximum absolute atomic E-state index is 6.25. The number of hydrogen-bond acceptors (Lipinski definition) is 3. The minimum atomic E-state index is 0.281. The molecule has 0 aromatic heterocycles. The fourth-order valence-electron chi connectivity index (χ4n) is 2.73. The smallest absolute Gasteiger partial charge is 0.231 e. The molecule has 1 N–H and O–H groups in total. The Morgan fingerprint density at radius 3 is 2.94 bits per heavy atom. The third-order valence-corrected chi connectivity index (χ3v) is 3.80. The Kier molecular flexibility index (Phi) is 2.89. The van der Waals surface area contributed by atoms with Crippen LogP contribution in [0.5, 0.6) is 11.5 Å². The number of rotatable bonds is 2. The van der Waals surface area contributed by atoms with Gasteiger partial charge in [-0.15, -0.1) is 0 Å². The van der Waals surface area contributed by atoms with E-state index >= 15 is 0 Å². The monoisotopic (exact) mass is 253 g/mol. The Bertz CT molecular complexity index is 442. The Morgan fingerprint density at radius 2 is 2.24 bits per heavy atom. The summed E-state index contributed by atoms with van der Waals surface area (Å²) in [5.74, 6) is 1.56. The third-order valence-electron chi connectivity index (χ3n) is 3.52. The van der Waals surface area contributed by atoms with E-state index in [2.05, 4.69) is 12.2 Å². The van der Waals surface area contributed by atoms with Crippen molar-refractivity contribution in [2.45, 2.75) is 32.2 Å². The van der Waals surface area contributed by atoms with E-state index in [1.807, 2.05) is 6.07 Å². The maximum atomic E-state index is 6.25. The second kappa shape index (κ2) is 4.39. The number of fused-ring (bicyclic) bond motifs is 1. The van der Waals surface area contributed by atoms with Gasteiger partial charge < -0.3 is 14.8 Å². The van der Waals surface area contributed by atoms with Gasteiger partial charge >= 0.3 is 0 Å². The molecule has 1 atom stereocenters. The van der Waals surface area contributed by atoms with Crippen LogP contribution in [0, 0.1) is 0 Å². The average molecular weight is 254 g/mol. The van der Waals surface area contributed by atoms with Crippen molar-refractivity contribution in [1.29, 1.82) is 0 Å². The third kappa shape index (κ3) is 1.78. The second-order valence-corrected chi connectivity index (χ2v) is 4.90. The molecule has 0 radical (unpaired) electrons. The molecule has 92 valence electrons. The molecule has 1 aromatic carbocycles. The van der Waals surface area contributed by atoms with E-state index in [0.29, 0.717) is 16.8 Å². The lowest BCUT2D eigenvalue weighted by Gasteiger charge is -2.17. The van der Waals surface area contributed by atoms with Crippen LogP contribution in [0.4, 0.5) is 0 Å². The van der Waals surface area contributed by atoms with Crippen molar-refractivity contribution in [3.05, 3.63) is 22.2 Å². The fourth-order valence-corrected chi connectivity index (χ4v) is 2.98. The van der Waals surface area contributed by atoms with Crippen LogP contribution in [-0.4, -0.2) is 13.3 Å². The molecular formula is C13H16ClNO2. The molecule has 0 saturated carbocycles. The van der Waals surface area contributed by atoms with Gasteiger partial charge in [0.2, 0.25) is 6.79 Å². The van der Waals surface area contributed by atoms with Crippen molar-refractivity contribution >= 4 is 11.6 Å². The summed E-state index contributed by atoms with van der Waals surface area (Å²) in [4.78, 5) is 0. The summed E-state index contributed by atoms with van der Waals surface area (Å²) in [6.07, 6.45) is 3.33. The van der Waals surface area contributed by atoms with Crippen molar-refractivity contribution < 1.29 is 9.47 Å². The van der Waals surface area contributed by atoms with Gasteiger partial charge in [-0.2, -0.15) is 0 Å². The largest absolute Gasteiger partial charge is 0.453 e. The van der Waals surface area contributed by atoms with Crippen molar-refractivity contribution in [2.75, 3.05) is 13.3 Å². The molecule has 1 saturated heterocycles. The van der Waals surface area contributed by atoms with Gasteiger partial charge in [-0.25, -0.2) is 0 Å². The molecule has 2 heterocycles. The van der Waals surface area contributed by atoms with Gasteiger partial charge in [-0.05, 0) is 37.4 Å². The fraction of sp³-hybridized carbons (Fsp3) is 0.538. The van der Waals surface area contributed by atoms with Gasteiger partial charge in [0.15, 0.2) is 11.5 Å². The van der Waals surface area contributed by atoms with Crippen molar-refractivity contribution in [3.8, 4) is 11.5 Å². The molecule has 0 spiro atoms. The Labute approximate surface area is 106 Å². The Balaban J connectivity index is 2.11. The predicted octanol–water partition coefficient (Wildman–Crippen LogP) is 3.06. The molecule has 0 bridgehead atoms. The molecule has 2 aliphatic rings. The standard InChI is InChI=1S/C13H16ClNO2/c1-2-8-9(11-4-3-5-15-11)6-10(14)13-12(8)16-7-17-13/h6,11,15H,2-5,7H2,1H3. The summed E-state index contributed by atoms with van der Waals surface area (Å²) >= 11 is 6.25. The van der Waals surface area contributed by atoms with Crippen molar-refractivity contribution in [2.24, 2.45) is 0 Å². The zero-order chi connectivity index (χ0) is 11.8. The number of nitrogens with one attached hydrogen (secondary N) is 1. The normalized spacial score (nSPS) is 22.1. The lowest BCUT2D eigenvalue weighted by atomic mass is 9.96. The molecule has 0 aliphatic carbocycles. The lowest BCUT2D eigenvalue weighted by molar-refractivity contribution is 0.173.